The van der Waals surface area contributed by atoms with Crippen molar-refractivity contribution in [1.82, 2.24) is 4.98 Å². The Morgan fingerprint density at radius 1 is 1.36 bits per heavy atom. The Bertz CT molecular complexity index is 718. The topological polar surface area (TPSA) is 124 Å². The zero-order valence-corrected chi connectivity index (χ0v) is 12.6. The van der Waals surface area contributed by atoms with E-state index in [-0.39, 0.29) is 21.3 Å². The Morgan fingerprint density at radius 3 is 2.64 bits per heavy atom. The average molecular weight is 321 g/mol. The number of hydrogen-bond donors (Lipinski definition) is 2. The first-order valence-corrected chi connectivity index (χ1v) is 6.89. The van der Waals surface area contributed by atoms with Crippen LogP contribution in [-0.2, 0) is 0 Å². The summed E-state index contributed by atoms with van der Waals surface area (Å²) in [6.07, 6.45) is 1.09. The fraction of sp³-hybridized carbons (Fsp3) is 0.182. The van der Waals surface area contributed by atoms with Crippen LogP contribution in [0.2, 0.25) is 0 Å². The van der Waals surface area contributed by atoms with Crippen molar-refractivity contribution < 1.29 is 15.0 Å². The SMILES string of the molecule is CN(C)c1ccc(N=Nc2ncc([N+](=O)[O-])s2)c(B(O)O)c1. The number of hydrogen-bond acceptors (Lipinski definition) is 9. The highest BCUT2D eigenvalue weighted by molar-refractivity contribution is 7.18. The maximum absolute atomic E-state index is 10.6. The number of benzene rings is 1. The van der Waals surface area contributed by atoms with Crippen LogP contribution in [0.15, 0.2) is 34.6 Å². The van der Waals surface area contributed by atoms with Gasteiger partial charge in [-0.05, 0) is 29.5 Å². The zero-order chi connectivity index (χ0) is 16.3. The van der Waals surface area contributed by atoms with Gasteiger partial charge in [-0.1, -0.05) is 0 Å². The van der Waals surface area contributed by atoms with Gasteiger partial charge in [0.25, 0.3) is 0 Å². The van der Waals surface area contributed by atoms with Gasteiger partial charge in [0.1, 0.15) is 6.20 Å². The van der Waals surface area contributed by atoms with E-state index in [1.807, 2.05) is 14.1 Å². The summed E-state index contributed by atoms with van der Waals surface area (Å²) >= 11 is 0.779. The molecule has 22 heavy (non-hydrogen) atoms. The highest BCUT2D eigenvalue weighted by Crippen LogP contribution is 2.28. The summed E-state index contributed by atoms with van der Waals surface area (Å²) in [6.45, 7) is 0. The van der Waals surface area contributed by atoms with Gasteiger partial charge >= 0.3 is 12.1 Å². The summed E-state index contributed by atoms with van der Waals surface area (Å²) in [7, 11) is 1.93. The quantitative estimate of drug-likeness (QED) is 0.369. The molecule has 0 radical (unpaired) electrons. The Hall–Kier alpha value is -2.37. The van der Waals surface area contributed by atoms with Crippen molar-refractivity contribution in [2.75, 3.05) is 19.0 Å². The van der Waals surface area contributed by atoms with Gasteiger partial charge in [0.2, 0.25) is 5.13 Å². The minimum absolute atomic E-state index is 0.113. The molecular formula is C11H12BN5O4S. The van der Waals surface area contributed by atoms with Crippen LogP contribution in [-0.4, -0.2) is 41.2 Å². The van der Waals surface area contributed by atoms with Crippen LogP contribution in [0.5, 0.6) is 0 Å². The largest absolute Gasteiger partial charge is 0.490 e. The molecule has 11 heteroatoms. The van der Waals surface area contributed by atoms with Gasteiger partial charge in [-0.15, -0.1) is 10.2 Å². The van der Waals surface area contributed by atoms with Gasteiger partial charge in [0.15, 0.2) is 0 Å². The molecule has 0 bridgehead atoms. The highest BCUT2D eigenvalue weighted by Gasteiger charge is 2.18. The van der Waals surface area contributed by atoms with Gasteiger partial charge in [-0.2, -0.15) is 0 Å². The number of rotatable bonds is 5. The molecule has 0 aliphatic rings. The predicted molar refractivity (Wildman–Crippen MR) is 83.5 cm³/mol. The maximum atomic E-state index is 10.6. The molecule has 0 saturated carbocycles. The second-order valence-corrected chi connectivity index (χ2v) is 5.44. The molecule has 0 aliphatic carbocycles. The van der Waals surface area contributed by atoms with Crippen molar-refractivity contribution in [3.8, 4) is 0 Å². The highest BCUT2D eigenvalue weighted by atomic mass is 32.1. The van der Waals surface area contributed by atoms with Crippen LogP contribution in [0.4, 0.5) is 21.5 Å². The third-order valence-electron chi connectivity index (χ3n) is 2.71. The predicted octanol–water partition coefficient (Wildman–Crippen LogP) is 1.21. The molecule has 0 saturated heterocycles. The third-order valence-corrected chi connectivity index (χ3v) is 3.54. The van der Waals surface area contributed by atoms with Gasteiger partial charge in [-0.3, -0.25) is 10.1 Å². The summed E-state index contributed by atoms with van der Waals surface area (Å²) in [5.74, 6) is 0. The van der Waals surface area contributed by atoms with E-state index in [0.29, 0.717) is 0 Å². The number of anilines is 1. The molecule has 0 atom stereocenters. The summed E-state index contributed by atoms with van der Waals surface area (Å²) < 4.78 is 0. The van der Waals surface area contributed by atoms with E-state index in [0.717, 1.165) is 23.2 Å². The number of aromatic nitrogens is 1. The molecule has 1 aromatic heterocycles. The number of azo groups is 1. The lowest BCUT2D eigenvalue weighted by Crippen LogP contribution is -2.30. The van der Waals surface area contributed by atoms with Crippen LogP contribution >= 0.6 is 11.3 Å². The number of nitrogens with zero attached hydrogens (tertiary/aromatic N) is 5. The van der Waals surface area contributed by atoms with Crippen molar-refractivity contribution in [1.29, 1.82) is 0 Å². The molecule has 1 aromatic carbocycles. The lowest BCUT2D eigenvalue weighted by atomic mass is 9.79. The molecule has 0 amide bonds. The lowest BCUT2D eigenvalue weighted by molar-refractivity contribution is -0.380. The van der Waals surface area contributed by atoms with Crippen LogP contribution in [0.1, 0.15) is 0 Å². The van der Waals surface area contributed by atoms with Crippen LogP contribution in [0, 0.1) is 10.1 Å². The Kier molecular flexibility index (Phi) is 4.80. The molecule has 9 nitrogen and oxygen atoms in total. The smallest absolute Gasteiger partial charge is 0.423 e. The first kappa shape index (κ1) is 16.0. The standard InChI is InChI=1S/C11H12BN5O4S/c1-16(2)7-3-4-9(8(5-7)12(18)19)14-15-11-13-6-10(22-11)17(20)21/h3-6,18-19H,1-2H3. The first-order chi connectivity index (χ1) is 10.4. The fourth-order valence-corrected chi connectivity index (χ4v) is 2.16. The number of thiazole rings is 1. The van der Waals surface area contributed by atoms with Crippen molar-refractivity contribution in [2.24, 2.45) is 10.2 Å². The molecular weight excluding hydrogens is 309 g/mol. The van der Waals surface area contributed by atoms with Gasteiger partial charge in [0.05, 0.1) is 10.6 Å². The lowest BCUT2D eigenvalue weighted by Gasteiger charge is -2.14. The third kappa shape index (κ3) is 3.64. The number of nitro groups is 1. The Morgan fingerprint density at radius 2 is 2.09 bits per heavy atom. The summed E-state index contributed by atoms with van der Waals surface area (Å²) in [5.41, 5.74) is 1.20. The average Bonchev–Trinajstić information content (AvgIpc) is 2.93. The minimum Gasteiger partial charge on any atom is -0.423 e. The van der Waals surface area contributed by atoms with Crippen molar-refractivity contribution in [2.45, 2.75) is 0 Å². The monoisotopic (exact) mass is 321 g/mol. The van der Waals surface area contributed by atoms with Gasteiger partial charge < -0.3 is 14.9 Å². The molecule has 0 spiro atoms. The van der Waals surface area contributed by atoms with Gasteiger partial charge in [0, 0.05) is 25.2 Å². The molecule has 0 fully saturated rings. The fourth-order valence-electron chi connectivity index (χ4n) is 1.60. The summed E-state index contributed by atoms with van der Waals surface area (Å²) in [5, 5.41) is 37.0. The molecule has 0 unspecified atom stereocenters. The van der Waals surface area contributed by atoms with Crippen LogP contribution < -0.4 is 10.4 Å². The van der Waals surface area contributed by atoms with Crippen molar-refractivity contribution in [3.63, 3.8) is 0 Å². The molecule has 1 heterocycles. The van der Waals surface area contributed by atoms with E-state index in [1.165, 1.54) is 0 Å². The van der Waals surface area contributed by atoms with E-state index >= 15 is 0 Å². The minimum atomic E-state index is -1.71. The second kappa shape index (κ2) is 6.60. The zero-order valence-electron chi connectivity index (χ0n) is 11.7. The van der Waals surface area contributed by atoms with Gasteiger partial charge in [-0.25, -0.2) is 4.98 Å². The van der Waals surface area contributed by atoms with E-state index in [9.17, 15) is 20.2 Å². The van der Waals surface area contributed by atoms with E-state index < -0.39 is 12.0 Å². The van der Waals surface area contributed by atoms with Crippen molar-refractivity contribution in [3.05, 3.63) is 34.5 Å². The Labute approximate surface area is 129 Å². The molecule has 2 rings (SSSR count). The van der Waals surface area contributed by atoms with Crippen molar-refractivity contribution >= 4 is 45.4 Å². The van der Waals surface area contributed by atoms with E-state index in [1.54, 1.807) is 23.1 Å². The summed E-state index contributed by atoms with van der Waals surface area (Å²) in [4.78, 5) is 15.6. The van der Waals surface area contributed by atoms with E-state index in [2.05, 4.69) is 15.2 Å². The second-order valence-electron chi connectivity index (χ2n) is 4.45. The van der Waals surface area contributed by atoms with Crippen LogP contribution in [0.3, 0.4) is 0 Å². The molecule has 2 N–H and O–H groups in total. The van der Waals surface area contributed by atoms with Crippen LogP contribution in [0.25, 0.3) is 0 Å². The molecule has 2 aromatic rings. The normalized spacial score (nSPS) is 10.9. The summed E-state index contributed by atoms with van der Waals surface area (Å²) in [6, 6.07) is 4.89. The maximum Gasteiger partial charge on any atom is 0.490 e. The van der Waals surface area contributed by atoms with E-state index in [4.69, 9.17) is 0 Å². The molecule has 0 aliphatic heterocycles. The molecule has 114 valence electrons. The Balaban J connectivity index is 2.31. The first-order valence-electron chi connectivity index (χ1n) is 6.08.